The first-order valence-corrected chi connectivity index (χ1v) is 5.35. The Morgan fingerprint density at radius 3 is 3.09 bits per heavy atom. The second kappa shape index (κ2) is 4.74. The molecule has 0 aliphatic rings. The highest BCUT2D eigenvalue weighted by atomic mass is 32.2. The van der Waals surface area contributed by atoms with Gasteiger partial charge in [0.15, 0.2) is 0 Å². The van der Waals surface area contributed by atoms with Crippen LogP contribution in [0.5, 0.6) is 0 Å². The van der Waals surface area contributed by atoms with E-state index in [1.165, 1.54) is 6.42 Å². The van der Waals surface area contributed by atoms with Crippen LogP contribution < -0.4 is 0 Å². The van der Waals surface area contributed by atoms with Gasteiger partial charge in [-0.05, 0) is 6.42 Å². The normalized spacial score (nSPS) is 10.4. The van der Waals surface area contributed by atoms with E-state index in [9.17, 15) is 0 Å². The maximum absolute atomic E-state index is 8.74. The fourth-order valence-corrected chi connectivity index (χ4v) is 2.43. The molecule has 0 saturated heterocycles. The van der Waals surface area contributed by atoms with Crippen molar-refractivity contribution < 1.29 is 5.11 Å². The summed E-state index contributed by atoms with van der Waals surface area (Å²) in [5.74, 6) is 1.11. The molecule has 0 bridgehead atoms. The molecule has 0 aliphatic carbocycles. The van der Waals surface area contributed by atoms with Gasteiger partial charge in [0, 0.05) is 11.9 Å². The summed E-state index contributed by atoms with van der Waals surface area (Å²) in [6.07, 6.45) is 2.90. The van der Waals surface area contributed by atoms with Gasteiger partial charge in [0.05, 0.1) is 11.5 Å². The monoisotopic (exact) mass is 189 g/mol. The highest BCUT2D eigenvalue weighted by Gasteiger charge is 1.99. The molecule has 0 amide bonds. The summed E-state index contributed by atoms with van der Waals surface area (Å²) >= 11 is 3.33. The van der Waals surface area contributed by atoms with Gasteiger partial charge in [-0.1, -0.05) is 18.7 Å². The second-order valence-electron chi connectivity index (χ2n) is 2.10. The minimum absolute atomic E-state index is 0.115. The topological polar surface area (TPSA) is 33.1 Å². The number of aliphatic hydroxyl groups is 1. The third-order valence-electron chi connectivity index (χ3n) is 1.12. The van der Waals surface area contributed by atoms with Crippen molar-refractivity contribution in [1.82, 2.24) is 4.98 Å². The number of rotatable bonds is 4. The van der Waals surface area contributed by atoms with Crippen LogP contribution >= 0.6 is 23.1 Å². The molecule has 0 aromatic carbocycles. The van der Waals surface area contributed by atoms with Crippen molar-refractivity contribution in [3.05, 3.63) is 11.1 Å². The second-order valence-corrected chi connectivity index (χ2v) is 4.56. The highest BCUT2D eigenvalue weighted by molar-refractivity contribution is 8.01. The summed E-state index contributed by atoms with van der Waals surface area (Å²) in [6, 6.07) is 0. The van der Waals surface area contributed by atoms with E-state index in [-0.39, 0.29) is 6.61 Å². The van der Waals surface area contributed by atoms with E-state index in [0.29, 0.717) is 0 Å². The van der Waals surface area contributed by atoms with E-state index in [1.807, 2.05) is 0 Å². The van der Waals surface area contributed by atoms with E-state index in [0.717, 1.165) is 15.0 Å². The Labute approximate surface area is 74.7 Å². The molecular formula is C7H11NOS2. The summed E-state index contributed by atoms with van der Waals surface area (Å²) in [5, 5.41) is 8.74. The van der Waals surface area contributed by atoms with Crippen LogP contribution in [-0.2, 0) is 6.61 Å². The standard InChI is InChI=1S/C7H11NOS2/c1-2-3-10-7-8-4-6(5-9)11-7/h4,9H,2-3,5H2,1H3. The predicted molar refractivity (Wildman–Crippen MR) is 49.1 cm³/mol. The zero-order valence-corrected chi connectivity index (χ0v) is 8.04. The maximum atomic E-state index is 8.74. The SMILES string of the molecule is CCCSc1ncc(CO)s1. The number of aliphatic hydroxyl groups excluding tert-OH is 1. The molecule has 1 rings (SSSR count). The quantitative estimate of drug-likeness (QED) is 0.737. The third-order valence-corrected chi connectivity index (χ3v) is 3.46. The van der Waals surface area contributed by atoms with Crippen molar-refractivity contribution >= 4 is 23.1 Å². The molecule has 1 heterocycles. The largest absolute Gasteiger partial charge is 0.391 e. The molecule has 1 N–H and O–H groups in total. The molecule has 0 spiro atoms. The van der Waals surface area contributed by atoms with Gasteiger partial charge < -0.3 is 5.11 Å². The highest BCUT2D eigenvalue weighted by Crippen LogP contribution is 2.24. The average molecular weight is 189 g/mol. The molecule has 0 saturated carbocycles. The van der Waals surface area contributed by atoms with Crippen molar-refractivity contribution in [3.63, 3.8) is 0 Å². The van der Waals surface area contributed by atoms with Gasteiger partial charge in [-0.3, -0.25) is 0 Å². The molecule has 4 heteroatoms. The first-order valence-electron chi connectivity index (χ1n) is 3.55. The van der Waals surface area contributed by atoms with Gasteiger partial charge in [-0.2, -0.15) is 0 Å². The molecular weight excluding hydrogens is 178 g/mol. The van der Waals surface area contributed by atoms with Crippen molar-refractivity contribution in [1.29, 1.82) is 0 Å². The molecule has 1 aromatic rings. The lowest BCUT2D eigenvalue weighted by Gasteiger charge is -1.89. The number of thioether (sulfide) groups is 1. The van der Waals surface area contributed by atoms with Gasteiger partial charge in [0.25, 0.3) is 0 Å². The van der Waals surface area contributed by atoms with Crippen LogP contribution in [0.1, 0.15) is 18.2 Å². The van der Waals surface area contributed by atoms with Crippen molar-refractivity contribution in [2.24, 2.45) is 0 Å². The van der Waals surface area contributed by atoms with Crippen molar-refractivity contribution in [2.45, 2.75) is 24.3 Å². The molecule has 0 radical (unpaired) electrons. The Kier molecular flexibility index (Phi) is 3.90. The number of hydrogen-bond acceptors (Lipinski definition) is 4. The Morgan fingerprint density at radius 2 is 2.55 bits per heavy atom. The molecule has 11 heavy (non-hydrogen) atoms. The Bertz CT molecular complexity index is 212. The fraction of sp³-hybridized carbons (Fsp3) is 0.571. The van der Waals surface area contributed by atoms with Crippen LogP contribution in [0.15, 0.2) is 10.5 Å². The molecule has 0 aliphatic heterocycles. The lowest BCUT2D eigenvalue weighted by molar-refractivity contribution is 0.285. The molecule has 1 aromatic heterocycles. The number of aromatic nitrogens is 1. The molecule has 0 fully saturated rings. The summed E-state index contributed by atoms with van der Waals surface area (Å²) in [4.78, 5) is 5.09. The van der Waals surface area contributed by atoms with E-state index in [1.54, 1.807) is 29.3 Å². The van der Waals surface area contributed by atoms with Crippen LogP contribution in [0.3, 0.4) is 0 Å². The van der Waals surface area contributed by atoms with E-state index < -0.39 is 0 Å². The van der Waals surface area contributed by atoms with Gasteiger partial charge in [-0.15, -0.1) is 11.3 Å². The summed E-state index contributed by atoms with van der Waals surface area (Å²) in [7, 11) is 0. The molecule has 62 valence electrons. The predicted octanol–water partition coefficient (Wildman–Crippen LogP) is 2.14. The minimum Gasteiger partial charge on any atom is -0.391 e. The van der Waals surface area contributed by atoms with E-state index in [4.69, 9.17) is 5.11 Å². The number of nitrogens with zero attached hydrogens (tertiary/aromatic N) is 1. The maximum Gasteiger partial charge on any atom is 0.150 e. The lowest BCUT2D eigenvalue weighted by Crippen LogP contribution is -1.71. The Morgan fingerprint density at radius 1 is 1.73 bits per heavy atom. The summed E-state index contributed by atoms with van der Waals surface area (Å²) < 4.78 is 1.07. The van der Waals surface area contributed by atoms with Crippen LogP contribution in [-0.4, -0.2) is 15.8 Å². The Hall–Kier alpha value is -0.0600. The van der Waals surface area contributed by atoms with Gasteiger partial charge >= 0.3 is 0 Å². The van der Waals surface area contributed by atoms with Gasteiger partial charge in [0.1, 0.15) is 4.34 Å². The van der Waals surface area contributed by atoms with Gasteiger partial charge in [0.2, 0.25) is 0 Å². The van der Waals surface area contributed by atoms with Crippen molar-refractivity contribution in [2.75, 3.05) is 5.75 Å². The zero-order valence-electron chi connectivity index (χ0n) is 6.41. The molecule has 2 nitrogen and oxygen atoms in total. The first kappa shape index (κ1) is 9.03. The van der Waals surface area contributed by atoms with Gasteiger partial charge in [-0.25, -0.2) is 4.98 Å². The summed E-state index contributed by atoms with van der Waals surface area (Å²) in [6.45, 7) is 2.26. The van der Waals surface area contributed by atoms with Crippen molar-refractivity contribution in [3.8, 4) is 0 Å². The molecule has 0 unspecified atom stereocenters. The minimum atomic E-state index is 0.115. The van der Waals surface area contributed by atoms with Crippen LogP contribution in [0.2, 0.25) is 0 Å². The van der Waals surface area contributed by atoms with E-state index >= 15 is 0 Å². The zero-order chi connectivity index (χ0) is 8.10. The van der Waals surface area contributed by atoms with Crippen LogP contribution in [0, 0.1) is 0 Å². The number of thiazole rings is 1. The summed E-state index contributed by atoms with van der Waals surface area (Å²) in [5.41, 5.74) is 0. The number of hydrogen-bond donors (Lipinski definition) is 1. The molecule has 0 atom stereocenters. The average Bonchev–Trinajstić information content (AvgIpc) is 2.48. The Balaban J connectivity index is 2.44. The van der Waals surface area contributed by atoms with Crippen LogP contribution in [0.4, 0.5) is 0 Å². The lowest BCUT2D eigenvalue weighted by atomic mass is 10.6. The fourth-order valence-electron chi connectivity index (χ4n) is 0.619. The smallest absolute Gasteiger partial charge is 0.150 e. The van der Waals surface area contributed by atoms with Crippen LogP contribution in [0.25, 0.3) is 0 Å². The third kappa shape index (κ3) is 2.81. The first-order chi connectivity index (χ1) is 5.36. The van der Waals surface area contributed by atoms with E-state index in [2.05, 4.69) is 11.9 Å².